The smallest absolute Gasteiger partial charge is 0.217 e. The molecule has 1 rings (SSSR count). The van der Waals surface area contributed by atoms with E-state index < -0.39 is 0 Å². The molecule has 1 aromatic heterocycles. The largest absolute Gasteiger partial charge is 0.370 e. The predicted octanol–water partition coefficient (Wildman–Crippen LogP) is 1.25. The first kappa shape index (κ1) is 12.8. The lowest BCUT2D eigenvalue weighted by Crippen LogP contribution is -2.19. The summed E-state index contributed by atoms with van der Waals surface area (Å²) in [6, 6.07) is 4.19. The van der Waals surface area contributed by atoms with Gasteiger partial charge in [-0.2, -0.15) is 0 Å². The summed E-state index contributed by atoms with van der Waals surface area (Å²) in [6.45, 7) is 4.92. The molecule has 0 aromatic carbocycles. The first-order chi connectivity index (χ1) is 7.74. The van der Waals surface area contributed by atoms with Crippen LogP contribution >= 0.6 is 0 Å². The zero-order chi connectivity index (χ0) is 11.8. The Morgan fingerprint density at radius 2 is 2.38 bits per heavy atom. The molecule has 0 fully saturated rings. The summed E-state index contributed by atoms with van der Waals surface area (Å²) in [4.78, 5) is 10.5. The molecule has 0 aliphatic carbocycles. The van der Waals surface area contributed by atoms with E-state index in [-0.39, 0.29) is 5.91 Å². The van der Waals surface area contributed by atoms with Crippen molar-refractivity contribution in [2.45, 2.75) is 39.3 Å². The molecular formula is C12H21N3O. The average Bonchev–Trinajstić information content (AvgIpc) is 2.65. The Bertz CT molecular complexity index is 320. The van der Waals surface area contributed by atoms with Gasteiger partial charge in [-0.1, -0.05) is 6.92 Å². The van der Waals surface area contributed by atoms with Gasteiger partial charge in [-0.05, 0) is 31.5 Å². The number of nitrogens with two attached hydrogens (primary N) is 1. The highest BCUT2D eigenvalue weighted by Crippen LogP contribution is 2.03. The van der Waals surface area contributed by atoms with E-state index in [1.807, 2.05) is 0 Å². The third kappa shape index (κ3) is 4.49. The minimum atomic E-state index is -0.226. The second-order valence-corrected chi connectivity index (χ2v) is 3.94. The van der Waals surface area contributed by atoms with Crippen molar-refractivity contribution in [2.75, 3.05) is 6.54 Å². The predicted molar refractivity (Wildman–Crippen MR) is 64.9 cm³/mol. The van der Waals surface area contributed by atoms with Gasteiger partial charge in [0.2, 0.25) is 5.91 Å². The van der Waals surface area contributed by atoms with E-state index in [9.17, 15) is 4.79 Å². The number of primary amides is 1. The van der Waals surface area contributed by atoms with Gasteiger partial charge in [0.05, 0.1) is 0 Å². The molecule has 4 nitrogen and oxygen atoms in total. The lowest BCUT2D eigenvalue weighted by molar-refractivity contribution is -0.118. The molecule has 0 radical (unpaired) electrons. The van der Waals surface area contributed by atoms with Crippen LogP contribution < -0.4 is 11.1 Å². The van der Waals surface area contributed by atoms with Crippen LogP contribution in [0.15, 0.2) is 18.3 Å². The van der Waals surface area contributed by atoms with Gasteiger partial charge < -0.3 is 15.6 Å². The van der Waals surface area contributed by atoms with Crippen molar-refractivity contribution in [1.82, 2.24) is 9.88 Å². The fourth-order valence-electron chi connectivity index (χ4n) is 1.67. The third-order valence-corrected chi connectivity index (χ3v) is 2.47. The Morgan fingerprint density at radius 3 is 3.06 bits per heavy atom. The van der Waals surface area contributed by atoms with Crippen LogP contribution in [0.1, 0.15) is 31.9 Å². The molecule has 1 amide bonds. The number of carbonyl (C=O) groups excluding carboxylic acids is 1. The minimum Gasteiger partial charge on any atom is -0.370 e. The fraction of sp³-hybridized carbons (Fsp3) is 0.583. The topological polar surface area (TPSA) is 60.1 Å². The van der Waals surface area contributed by atoms with E-state index in [2.05, 4.69) is 35.1 Å². The maximum atomic E-state index is 10.5. The van der Waals surface area contributed by atoms with Crippen LogP contribution in [0.25, 0.3) is 0 Å². The van der Waals surface area contributed by atoms with Crippen LogP contribution in [-0.4, -0.2) is 17.0 Å². The van der Waals surface area contributed by atoms with E-state index in [1.54, 1.807) is 0 Å². The third-order valence-electron chi connectivity index (χ3n) is 2.47. The lowest BCUT2D eigenvalue weighted by Gasteiger charge is -2.08. The summed E-state index contributed by atoms with van der Waals surface area (Å²) < 4.78 is 2.25. The fourth-order valence-corrected chi connectivity index (χ4v) is 1.67. The molecule has 1 heterocycles. The summed E-state index contributed by atoms with van der Waals surface area (Å²) in [7, 11) is 0. The molecule has 1 aromatic rings. The number of hydrogen-bond donors (Lipinski definition) is 2. The molecule has 0 saturated carbocycles. The van der Waals surface area contributed by atoms with Crippen molar-refractivity contribution in [3.63, 3.8) is 0 Å². The SMILES string of the molecule is CCCn1cccc1CNCCCC(N)=O. The average molecular weight is 223 g/mol. The number of rotatable bonds is 8. The lowest BCUT2D eigenvalue weighted by atomic mass is 10.3. The van der Waals surface area contributed by atoms with Gasteiger partial charge in [-0.3, -0.25) is 4.79 Å². The molecule has 16 heavy (non-hydrogen) atoms. The van der Waals surface area contributed by atoms with Gasteiger partial charge >= 0.3 is 0 Å². The van der Waals surface area contributed by atoms with Crippen LogP contribution in [-0.2, 0) is 17.9 Å². The number of carbonyl (C=O) groups is 1. The van der Waals surface area contributed by atoms with Crippen LogP contribution in [0, 0.1) is 0 Å². The summed E-state index contributed by atoms with van der Waals surface area (Å²) >= 11 is 0. The van der Waals surface area contributed by atoms with Gasteiger partial charge in [0.1, 0.15) is 0 Å². The first-order valence-corrected chi connectivity index (χ1v) is 5.87. The molecule has 90 valence electrons. The number of amides is 1. The molecule has 0 saturated heterocycles. The minimum absolute atomic E-state index is 0.226. The molecule has 0 atom stereocenters. The highest BCUT2D eigenvalue weighted by Gasteiger charge is 1.99. The second-order valence-electron chi connectivity index (χ2n) is 3.94. The summed E-state index contributed by atoms with van der Waals surface area (Å²) in [6.07, 6.45) is 4.51. The highest BCUT2D eigenvalue weighted by molar-refractivity contribution is 5.73. The number of aryl methyl sites for hydroxylation is 1. The molecule has 3 N–H and O–H groups in total. The van der Waals surface area contributed by atoms with Gasteiger partial charge in [0.15, 0.2) is 0 Å². The molecule has 0 aliphatic heterocycles. The van der Waals surface area contributed by atoms with E-state index in [4.69, 9.17) is 5.73 Å². The van der Waals surface area contributed by atoms with Gasteiger partial charge in [-0.15, -0.1) is 0 Å². The molecular weight excluding hydrogens is 202 g/mol. The molecule has 0 bridgehead atoms. The van der Waals surface area contributed by atoms with Crippen LogP contribution in [0.4, 0.5) is 0 Å². The van der Waals surface area contributed by atoms with Crippen LogP contribution in [0.2, 0.25) is 0 Å². The summed E-state index contributed by atoms with van der Waals surface area (Å²) in [5, 5.41) is 3.31. The zero-order valence-electron chi connectivity index (χ0n) is 9.91. The number of nitrogens with zero attached hydrogens (tertiary/aromatic N) is 1. The molecule has 4 heteroatoms. The Labute approximate surface area is 96.8 Å². The Morgan fingerprint density at radius 1 is 1.56 bits per heavy atom. The number of hydrogen-bond acceptors (Lipinski definition) is 2. The first-order valence-electron chi connectivity index (χ1n) is 5.87. The summed E-state index contributed by atoms with van der Waals surface area (Å²) in [5.74, 6) is -0.226. The monoisotopic (exact) mass is 223 g/mol. The van der Waals surface area contributed by atoms with Crippen molar-refractivity contribution in [3.05, 3.63) is 24.0 Å². The van der Waals surface area contributed by atoms with E-state index in [0.717, 1.165) is 32.5 Å². The molecule has 0 aliphatic rings. The van der Waals surface area contributed by atoms with Crippen molar-refractivity contribution in [1.29, 1.82) is 0 Å². The standard InChI is InChI=1S/C12H21N3O/c1-2-8-15-9-4-5-11(15)10-14-7-3-6-12(13)16/h4-5,9,14H,2-3,6-8,10H2,1H3,(H2,13,16). The van der Waals surface area contributed by atoms with Crippen LogP contribution in [0.3, 0.4) is 0 Å². The van der Waals surface area contributed by atoms with E-state index >= 15 is 0 Å². The number of nitrogens with one attached hydrogen (secondary N) is 1. The summed E-state index contributed by atoms with van der Waals surface area (Å²) in [5.41, 5.74) is 6.35. The van der Waals surface area contributed by atoms with Crippen LogP contribution in [0.5, 0.6) is 0 Å². The van der Waals surface area contributed by atoms with E-state index in [1.165, 1.54) is 5.69 Å². The van der Waals surface area contributed by atoms with Gasteiger partial charge in [0.25, 0.3) is 0 Å². The number of aromatic nitrogens is 1. The molecule has 0 spiro atoms. The molecule has 0 unspecified atom stereocenters. The Kier molecular flexibility index (Phi) is 5.64. The quantitative estimate of drug-likeness (QED) is 0.652. The van der Waals surface area contributed by atoms with Crippen molar-refractivity contribution >= 4 is 5.91 Å². The maximum Gasteiger partial charge on any atom is 0.217 e. The zero-order valence-corrected chi connectivity index (χ0v) is 9.91. The van der Waals surface area contributed by atoms with Gasteiger partial charge in [-0.25, -0.2) is 0 Å². The normalized spacial score (nSPS) is 10.6. The van der Waals surface area contributed by atoms with Crippen molar-refractivity contribution in [2.24, 2.45) is 5.73 Å². The van der Waals surface area contributed by atoms with E-state index in [0.29, 0.717) is 6.42 Å². The Balaban J connectivity index is 2.21. The van der Waals surface area contributed by atoms with Crippen molar-refractivity contribution in [3.8, 4) is 0 Å². The van der Waals surface area contributed by atoms with Gasteiger partial charge in [0, 0.05) is 31.4 Å². The van der Waals surface area contributed by atoms with Crippen molar-refractivity contribution < 1.29 is 4.79 Å². The Hall–Kier alpha value is -1.29. The second kappa shape index (κ2) is 7.06. The highest BCUT2D eigenvalue weighted by atomic mass is 16.1. The maximum absolute atomic E-state index is 10.5.